The second-order valence-electron chi connectivity index (χ2n) is 4.14. The number of aromatic carboxylic acids is 1. The predicted molar refractivity (Wildman–Crippen MR) is 68.9 cm³/mol. The Kier molecular flexibility index (Phi) is 2.52. The first-order valence-corrected chi connectivity index (χ1v) is 5.72. The van der Waals surface area contributed by atoms with Gasteiger partial charge in [0.05, 0.1) is 0 Å². The van der Waals surface area contributed by atoms with Gasteiger partial charge in [0, 0.05) is 5.69 Å². The summed E-state index contributed by atoms with van der Waals surface area (Å²) in [6, 6.07) is 10.3. The normalized spacial score (nSPS) is 10.8. The smallest absolute Gasteiger partial charge is 0.339 e. The van der Waals surface area contributed by atoms with Gasteiger partial charge in [0.2, 0.25) is 5.89 Å². The number of carbonyl (C=O) groups is 1. The summed E-state index contributed by atoms with van der Waals surface area (Å²) in [6.45, 7) is 1.87. The Hall–Kier alpha value is -2.69. The van der Waals surface area contributed by atoms with Gasteiger partial charge in [-0.25, -0.2) is 14.8 Å². The van der Waals surface area contributed by atoms with E-state index in [4.69, 9.17) is 9.52 Å². The van der Waals surface area contributed by atoms with Crippen LogP contribution in [0.15, 0.2) is 40.8 Å². The third-order valence-corrected chi connectivity index (χ3v) is 2.75. The van der Waals surface area contributed by atoms with Crippen LogP contribution in [-0.2, 0) is 0 Å². The van der Waals surface area contributed by atoms with Crippen LogP contribution in [-0.4, -0.2) is 21.0 Å². The van der Waals surface area contributed by atoms with E-state index < -0.39 is 5.97 Å². The number of fused-ring (bicyclic) bond motifs is 1. The molecule has 0 aliphatic heterocycles. The van der Waals surface area contributed by atoms with Gasteiger partial charge in [-0.15, -0.1) is 0 Å². The lowest BCUT2D eigenvalue weighted by atomic mass is 10.2. The van der Waals surface area contributed by atoms with Crippen LogP contribution in [0.25, 0.3) is 22.7 Å². The molecule has 1 aromatic carbocycles. The van der Waals surface area contributed by atoms with Gasteiger partial charge in [0.1, 0.15) is 16.8 Å². The summed E-state index contributed by atoms with van der Waals surface area (Å²) >= 11 is 0. The van der Waals surface area contributed by atoms with E-state index in [0.717, 1.165) is 5.69 Å². The largest absolute Gasteiger partial charge is 0.478 e. The number of oxazole rings is 1. The number of hydrogen-bond acceptors (Lipinski definition) is 4. The monoisotopic (exact) mass is 254 g/mol. The molecule has 2 aromatic heterocycles. The first-order chi connectivity index (χ1) is 9.15. The lowest BCUT2D eigenvalue weighted by Crippen LogP contribution is -1.95. The van der Waals surface area contributed by atoms with E-state index in [2.05, 4.69) is 9.97 Å². The molecule has 0 radical (unpaired) electrons. The van der Waals surface area contributed by atoms with Crippen molar-refractivity contribution in [3.63, 3.8) is 0 Å². The standard InChI is InChI=1S/C14H10N2O3/c1-8-4-2-7-11(15-8)13-16-10-6-3-5-9(14(17)18)12(10)19-13/h2-7H,1H3,(H,17,18). The molecule has 5 heteroatoms. The molecule has 0 fully saturated rings. The Morgan fingerprint density at radius 1 is 1.16 bits per heavy atom. The SMILES string of the molecule is Cc1cccc(-c2nc3cccc(C(=O)O)c3o2)n1. The lowest BCUT2D eigenvalue weighted by Gasteiger charge is -1.95. The first-order valence-electron chi connectivity index (χ1n) is 5.72. The van der Waals surface area contributed by atoms with Crippen molar-refractivity contribution in [1.29, 1.82) is 0 Å². The Balaban J connectivity index is 2.22. The zero-order valence-electron chi connectivity index (χ0n) is 10.1. The molecule has 0 aliphatic rings. The first kappa shape index (κ1) is 11.4. The highest BCUT2D eigenvalue weighted by atomic mass is 16.4. The predicted octanol–water partition coefficient (Wildman–Crippen LogP) is 2.90. The number of benzene rings is 1. The third-order valence-electron chi connectivity index (χ3n) is 2.75. The van der Waals surface area contributed by atoms with Crippen LogP contribution in [0.5, 0.6) is 0 Å². The summed E-state index contributed by atoms with van der Waals surface area (Å²) in [5, 5.41) is 9.10. The fraction of sp³-hybridized carbons (Fsp3) is 0.0714. The molecule has 0 amide bonds. The van der Waals surface area contributed by atoms with Gasteiger partial charge in [0.25, 0.3) is 0 Å². The summed E-state index contributed by atoms with van der Waals surface area (Å²) in [7, 11) is 0. The molecule has 94 valence electrons. The Morgan fingerprint density at radius 2 is 1.95 bits per heavy atom. The van der Waals surface area contributed by atoms with Crippen LogP contribution >= 0.6 is 0 Å². The number of carboxylic acid groups (broad SMARTS) is 1. The van der Waals surface area contributed by atoms with Gasteiger partial charge in [-0.2, -0.15) is 0 Å². The molecular weight excluding hydrogens is 244 g/mol. The summed E-state index contributed by atoms with van der Waals surface area (Å²) < 4.78 is 5.55. The number of para-hydroxylation sites is 1. The highest BCUT2D eigenvalue weighted by Gasteiger charge is 2.15. The number of aryl methyl sites for hydroxylation is 1. The van der Waals surface area contributed by atoms with Crippen molar-refractivity contribution in [3.8, 4) is 11.6 Å². The van der Waals surface area contributed by atoms with Gasteiger partial charge in [-0.3, -0.25) is 0 Å². The molecular formula is C14H10N2O3. The Labute approximate surface area is 108 Å². The average molecular weight is 254 g/mol. The number of hydrogen-bond donors (Lipinski definition) is 1. The van der Waals surface area contributed by atoms with E-state index in [1.807, 2.05) is 19.1 Å². The van der Waals surface area contributed by atoms with Crippen LogP contribution < -0.4 is 0 Å². The van der Waals surface area contributed by atoms with Gasteiger partial charge in [-0.05, 0) is 31.2 Å². The number of nitrogens with zero attached hydrogens (tertiary/aromatic N) is 2. The number of rotatable bonds is 2. The molecule has 3 rings (SSSR count). The average Bonchev–Trinajstić information content (AvgIpc) is 2.82. The van der Waals surface area contributed by atoms with Crippen LogP contribution in [0.4, 0.5) is 0 Å². The number of carboxylic acids is 1. The molecule has 5 nitrogen and oxygen atoms in total. The number of aromatic nitrogens is 2. The van der Waals surface area contributed by atoms with Crippen molar-refractivity contribution in [2.45, 2.75) is 6.92 Å². The van der Waals surface area contributed by atoms with Gasteiger partial charge < -0.3 is 9.52 Å². The molecule has 3 aromatic rings. The van der Waals surface area contributed by atoms with E-state index in [0.29, 0.717) is 17.1 Å². The third kappa shape index (κ3) is 1.95. The zero-order chi connectivity index (χ0) is 13.4. The molecule has 0 saturated carbocycles. The minimum absolute atomic E-state index is 0.101. The maximum absolute atomic E-state index is 11.1. The van der Waals surface area contributed by atoms with Crippen LogP contribution in [0.1, 0.15) is 16.1 Å². The quantitative estimate of drug-likeness (QED) is 0.760. The van der Waals surface area contributed by atoms with E-state index in [-0.39, 0.29) is 11.1 Å². The topological polar surface area (TPSA) is 76.2 Å². The fourth-order valence-corrected chi connectivity index (χ4v) is 1.89. The van der Waals surface area contributed by atoms with E-state index >= 15 is 0 Å². The van der Waals surface area contributed by atoms with Crippen molar-refractivity contribution in [3.05, 3.63) is 47.7 Å². The van der Waals surface area contributed by atoms with Gasteiger partial charge in [0.15, 0.2) is 5.58 Å². The van der Waals surface area contributed by atoms with E-state index in [1.165, 1.54) is 6.07 Å². The molecule has 2 heterocycles. The van der Waals surface area contributed by atoms with Crippen molar-refractivity contribution in [2.24, 2.45) is 0 Å². The molecule has 0 atom stereocenters. The minimum Gasteiger partial charge on any atom is -0.478 e. The minimum atomic E-state index is -1.04. The van der Waals surface area contributed by atoms with Crippen molar-refractivity contribution in [2.75, 3.05) is 0 Å². The lowest BCUT2D eigenvalue weighted by molar-refractivity contribution is 0.0698. The highest BCUT2D eigenvalue weighted by Crippen LogP contribution is 2.25. The van der Waals surface area contributed by atoms with Crippen LogP contribution in [0, 0.1) is 6.92 Å². The van der Waals surface area contributed by atoms with E-state index in [1.54, 1.807) is 18.2 Å². The Morgan fingerprint density at radius 3 is 2.68 bits per heavy atom. The molecule has 0 spiro atoms. The maximum atomic E-state index is 11.1. The van der Waals surface area contributed by atoms with Gasteiger partial charge in [-0.1, -0.05) is 12.1 Å². The molecule has 1 N–H and O–H groups in total. The molecule has 0 aliphatic carbocycles. The molecule has 0 bridgehead atoms. The zero-order valence-corrected chi connectivity index (χ0v) is 10.1. The molecule has 0 saturated heterocycles. The van der Waals surface area contributed by atoms with Crippen molar-refractivity contribution >= 4 is 17.1 Å². The van der Waals surface area contributed by atoms with Crippen LogP contribution in [0.2, 0.25) is 0 Å². The summed E-state index contributed by atoms with van der Waals surface area (Å²) in [6.07, 6.45) is 0. The van der Waals surface area contributed by atoms with E-state index in [9.17, 15) is 4.79 Å². The van der Waals surface area contributed by atoms with Gasteiger partial charge >= 0.3 is 5.97 Å². The molecule has 0 unspecified atom stereocenters. The fourth-order valence-electron chi connectivity index (χ4n) is 1.89. The van der Waals surface area contributed by atoms with Crippen LogP contribution in [0.3, 0.4) is 0 Å². The summed E-state index contributed by atoms with van der Waals surface area (Å²) in [5.74, 6) is -0.710. The molecule has 19 heavy (non-hydrogen) atoms. The second kappa shape index (κ2) is 4.20. The Bertz CT molecular complexity index is 777. The summed E-state index contributed by atoms with van der Waals surface area (Å²) in [5.41, 5.74) is 2.32. The number of pyridine rings is 1. The van der Waals surface area contributed by atoms with Crippen molar-refractivity contribution < 1.29 is 14.3 Å². The van der Waals surface area contributed by atoms with Crippen molar-refractivity contribution in [1.82, 2.24) is 9.97 Å². The highest BCUT2D eigenvalue weighted by molar-refractivity contribution is 6.00. The summed E-state index contributed by atoms with van der Waals surface area (Å²) in [4.78, 5) is 19.7. The maximum Gasteiger partial charge on any atom is 0.339 e. The second-order valence-corrected chi connectivity index (χ2v) is 4.14.